The van der Waals surface area contributed by atoms with Crippen LogP contribution in [0.5, 0.6) is 0 Å². The van der Waals surface area contributed by atoms with Crippen LogP contribution in [0.15, 0.2) is 0 Å². The van der Waals surface area contributed by atoms with Crippen LogP contribution in [0.1, 0.15) is 59.3 Å². The second kappa shape index (κ2) is 7.38. The third kappa shape index (κ3) is 4.97. The summed E-state index contributed by atoms with van der Waals surface area (Å²) in [6, 6.07) is 0. The smallest absolute Gasteiger partial charge is 0.000956 e. The number of nitrogens with zero attached hydrogens (tertiary/aromatic N) is 1. The van der Waals surface area contributed by atoms with Crippen molar-refractivity contribution in [3.05, 3.63) is 0 Å². The molecule has 0 amide bonds. The van der Waals surface area contributed by atoms with Gasteiger partial charge in [0.1, 0.15) is 0 Å². The molecule has 2 N–H and O–H groups in total. The lowest BCUT2D eigenvalue weighted by molar-refractivity contribution is 0.107. The fraction of sp³-hybridized carbons (Fsp3) is 1.00. The highest BCUT2D eigenvalue weighted by molar-refractivity contribution is 4.83. The van der Waals surface area contributed by atoms with Crippen LogP contribution in [-0.4, -0.2) is 31.1 Å². The van der Waals surface area contributed by atoms with E-state index in [2.05, 4.69) is 25.7 Å². The molecule has 102 valence electrons. The van der Waals surface area contributed by atoms with E-state index in [1.54, 1.807) is 0 Å². The first kappa shape index (κ1) is 15.0. The lowest BCUT2D eigenvalue weighted by Gasteiger charge is -2.39. The average Bonchev–Trinajstić information content (AvgIpc) is 2.37. The van der Waals surface area contributed by atoms with Crippen molar-refractivity contribution in [1.82, 2.24) is 4.90 Å². The van der Waals surface area contributed by atoms with Gasteiger partial charge in [-0.3, -0.25) is 0 Å². The summed E-state index contributed by atoms with van der Waals surface area (Å²) < 4.78 is 0. The molecule has 0 saturated carbocycles. The molecule has 1 heterocycles. The maximum Gasteiger partial charge on any atom is 0.000956 e. The Kier molecular flexibility index (Phi) is 6.50. The minimum absolute atomic E-state index is 0.418. The summed E-state index contributed by atoms with van der Waals surface area (Å²) in [6.45, 7) is 11.7. The zero-order valence-corrected chi connectivity index (χ0v) is 12.2. The fourth-order valence-corrected chi connectivity index (χ4v) is 2.76. The average molecular weight is 240 g/mol. The number of hydrogen-bond donors (Lipinski definition) is 1. The van der Waals surface area contributed by atoms with Crippen molar-refractivity contribution in [1.29, 1.82) is 0 Å². The van der Waals surface area contributed by atoms with Crippen molar-refractivity contribution in [2.24, 2.45) is 17.1 Å². The van der Waals surface area contributed by atoms with Gasteiger partial charge < -0.3 is 10.6 Å². The maximum absolute atomic E-state index is 5.86. The molecule has 1 atom stereocenters. The molecule has 0 aliphatic carbocycles. The van der Waals surface area contributed by atoms with Crippen molar-refractivity contribution < 1.29 is 0 Å². The van der Waals surface area contributed by atoms with Crippen LogP contribution in [0.4, 0.5) is 0 Å². The monoisotopic (exact) mass is 240 g/mol. The first-order valence-corrected chi connectivity index (χ1v) is 7.56. The number of unbranched alkanes of at least 4 members (excludes halogenated alkanes) is 1. The quantitative estimate of drug-likeness (QED) is 0.740. The van der Waals surface area contributed by atoms with Crippen LogP contribution < -0.4 is 5.73 Å². The van der Waals surface area contributed by atoms with Gasteiger partial charge in [0.15, 0.2) is 0 Å². The van der Waals surface area contributed by atoms with Gasteiger partial charge in [0.25, 0.3) is 0 Å². The lowest BCUT2D eigenvalue weighted by atomic mass is 9.80. The largest absolute Gasteiger partial charge is 0.330 e. The van der Waals surface area contributed by atoms with Gasteiger partial charge in [-0.25, -0.2) is 0 Å². The fourth-order valence-electron chi connectivity index (χ4n) is 2.76. The molecular formula is C15H32N2. The summed E-state index contributed by atoms with van der Waals surface area (Å²) in [5.41, 5.74) is 6.28. The SMILES string of the molecule is CCCCC(CC)CN1CCC(C)(CN)CC1. The third-order valence-electron chi connectivity index (χ3n) is 4.62. The molecule has 1 saturated heterocycles. The minimum atomic E-state index is 0.418. The number of rotatable bonds is 7. The van der Waals surface area contributed by atoms with E-state index >= 15 is 0 Å². The molecule has 1 fully saturated rings. The molecule has 0 radical (unpaired) electrons. The van der Waals surface area contributed by atoms with Gasteiger partial charge in [0.05, 0.1) is 0 Å². The molecular weight excluding hydrogens is 208 g/mol. The highest BCUT2D eigenvalue weighted by Crippen LogP contribution is 2.30. The summed E-state index contributed by atoms with van der Waals surface area (Å²) in [4.78, 5) is 2.67. The molecule has 1 rings (SSSR count). The van der Waals surface area contributed by atoms with E-state index < -0.39 is 0 Å². The van der Waals surface area contributed by atoms with Crippen LogP contribution >= 0.6 is 0 Å². The molecule has 2 heteroatoms. The Balaban J connectivity index is 2.28. The maximum atomic E-state index is 5.86. The Bertz CT molecular complexity index is 195. The van der Waals surface area contributed by atoms with Crippen molar-refractivity contribution in [3.8, 4) is 0 Å². The van der Waals surface area contributed by atoms with Crippen molar-refractivity contribution in [2.45, 2.75) is 59.3 Å². The molecule has 0 aromatic carbocycles. The van der Waals surface area contributed by atoms with Crippen LogP contribution in [0.25, 0.3) is 0 Å². The van der Waals surface area contributed by atoms with Gasteiger partial charge in [-0.15, -0.1) is 0 Å². The topological polar surface area (TPSA) is 29.3 Å². The Labute approximate surface area is 108 Å². The summed E-state index contributed by atoms with van der Waals surface area (Å²) in [5.74, 6) is 0.914. The summed E-state index contributed by atoms with van der Waals surface area (Å²) in [5, 5.41) is 0. The van der Waals surface area contributed by atoms with Gasteiger partial charge in [-0.1, -0.05) is 40.0 Å². The molecule has 0 aromatic heterocycles. The van der Waals surface area contributed by atoms with Gasteiger partial charge in [0.2, 0.25) is 0 Å². The third-order valence-corrected chi connectivity index (χ3v) is 4.62. The van der Waals surface area contributed by atoms with Gasteiger partial charge in [0, 0.05) is 6.54 Å². The zero-order valence-electron chi connectivity index (χ0n) is 12.2. The predicted molar refractivity (Wildman–Crippen MR) is 76.1 cm³/mol. The van der Waals surface area contributed by atoms with Crippen molar-refractivity contribution >= 4 is 0 Å². The van der Waals surface area contributed by atoms with E-state index in [9.17, 15) is 0 Å². The van der Waals surface area contributed by atoms with E-state index in [0.717, 1.165) is 12.5 Å². The lowest BCUT2D eigenvalue weighted by Crippen LogP contribution is -2.43. The van der Waals surface area contributed by atoms with Gasteiger partial charge in [-0.2, -0.15) is 0 Å². The second-order valence-electron chi connectivity index (χ2n) is 6.23. The standard InChI is InChI=1S/C15H32N2/c1-4-6-7-14(5-2)12-17-10-8-15(3,13-16)9-11-17/h14H,4-13,16H2,1-3H3. The molecule has 2 nitrogen and oxygen atoms in total. The normalized spacial score (nSPS) is 22.6. The number of piperidine rings is 1. The summed E-state index contributed by atoms with van der Waals surface area (Å²) in [6.07, 6.45) is 8.05. The summed E-state index contributed by atoms with van der Waals surface area (Å²) in [7, 11) is 0. The van der Waals surface area contributed by atoms with Crippen molar-refractivity contribution in [3.63, 3.8) is 0 Å². The molecule has 1 aliphatic rings. The first-order valence-electron chi connectivity index (χ1n) is 7.56. The van der Waals surface area contributed by atoms with E-state index in [1.807, 2.05) is 0 Å². The minimum Gasteiger partial charge on any atom is -0.330 e. The van der Waals surface area contributed by atoms with Crippen LogP contribution in [0.2, 0.25) is 0 Å². The molecule has 0 spiro atoms. The first-order chi connectivity index (χ1) is 8.13. The van der Waals surface area contributed by atoms with E-state index in [4.69, 9.17) is 5.73 Å². The molecule has 17 heavy (non-hydrogen) atoms. The van der Waals surface area contributed by atoms with E-state index in [0.29, 0.717) is 5.41 Å². The van der Waals surface area contributed by atoms with Gasteiger partial charge >= 0.3 is 0 Å². The Morgan fingerprint density at radius 1 is 1.24 bits per heavy atom. The molecule has 1 aliphatic heterocycles. The number of nitrogens with two attached hydrogens (primary N) is 1. The Hall–Kier alpha value is -0.0800. The second-order valence-corrected chi connectivity index (χ2v) is 6.23. The van der Waals surface area contributed by atoms with E-state index in [-0.39, 0.29) is 0 Å². The Morgan fingerprint density at radius 3 is 2.35 bits per heavy atom. The van der Waals surface area contributed by atoms with Crippen LogP contribution in [0, 0.1) is 11.3 Å². The predicted octanol–water partition coefficient (Wildman–Crippen LogP) is 3.26. The Morgan fingerprint density at radius 2 is 1.88 bits per heavy atom. The van der Waals surface area contributed by atoms with Gasteiger partial charge in [-0.05, 0) is 50.2 Å². The van der Waals surface area contributed by atoms with Crippen molar-refractivity contribution in [2.75, 3.05) is 26.2 Å². The van der Waals surface area contributed by atoms with E-state index in [1.165, 1.54) is 58.2 Å². The number of likely N-dealkylation sites (tertiary alicyclic amines) is 1. The molecule has 0 aromatic rings. The molecule has 1 unspecified atom stereocenters. The number of hydrogen-bond acceptors (Lipinski definition) is 2. The molecule has 0 bridgehead atoms. The highest BCUT2D eigenvalue weighted by Gasteiger charge is 2.29. The highest BCUT2D eigenvalue weighted by atomic mass is 15.1. The summed E-state index contributed by atoms with van der Waals surface area (Å²) >= 11 is 0. The van der Waals surface area contributed by atoms with Crippen LogP contribution in [0.3, 0.4) is 0 Å². The zero-order chi connectivity index (χ0) is 12.7. The van der Waals surface area contributed by atoms with Crippen LogP contribution in [-0.2, 0) is 0 Å².